The molecule has 1 fully saturated rings. The average molecular weight is 439 g/mol. The third-order valence-electron chi connectivity index (χ3n) is 5.60. The van der Waals surface area contributed by atoms with Gasteiger partial charge in [-0.25, -0.2) is 4.68 Å². The number of tetrazole rings is 1. The van der Waals surface area contributed by atoms with Crippen LogP contribution < -0.4 is 4.90 Å². The van der Waals surface area contributed by atoms with E-state index in [1.165, 1.54) is 4.90 Å². The highest BCUT2D eigenvalue weighted by molar-refractivity contribution is 6.35. The molecule has 1 aromatic heterocycles. The van der Waals surface area contributed by atoms with Crippen LogP contribution in [0.5, 0.6) is 0 Å². The quantitative estimate of drug-likeness (QED) is 0.776. The standard InChI is InChI=1S/C21H29Cl2N5O/c1-20(2,3)18(9-7-15-6-8-16(22)14-17(15)23)28-19(24-25-26-28)21(4,5)27-10-12-29-13-11-27/h6-9,14,18H,10-13H2,1-5H3/p+1. The lowest BCUT2D eigenvalue weighted by molar-refractivity contribution is -0.964. The average Bonchev–Trinajstić information content (AvgIpc) is 3.13. The van der Waals surface area contributed by atoms with Gasteiger partial charge in [-0.3, -0.25) is 0 Å². The summed E-state index contributed by atoms with van der Waals surface area (Å²) in [4.78, 5) is 1.43. The molecule has 0 radical (unpaired) electrons. The number of nitrogens with zero attached hydrogens (tertiary/aromatic N) is 4. The van der Waals surface area contributed by atoms with Crippen molar-refractivity contribution in [3.05, 3.63) is 45.7 Å². The van der Waals surface area contributed by atoms with Crippen LogP contribution in [0.4, 0.5) is 0 Å². The predicted octanol–water partition coefficient (Wildman–Crippen LogP) is 3.43. The molecule has 0 aliphatic carbocycles. The van der Waals surface area contributed by atoms with Gasteiger partial charge in [0.2, 0.25) is 5.82 Å². The van der Waals surface area contributed by atoms with E-state index in [1.807, 2.05) is 22.9 Å². The number of ether oxygens (including phenoxy) is 1. The molecule has 1 unspecified atom stereocenters. The van der Waals surface area contributed by atoms with E-state index in [0.717, 1.165) is 37.7 Å². The zero-order valence-electron chi connectivity index (χ0n) is 17.7. The Kier molecular flexibility index (Phi) is 6.68. The lowest BCUT2D eigenvalue weighted by atomic mass is 9.85. The molecule has 0 saturated carbocycles. The van der Waals surface area contributed by atoms with Gasteiger partial charge in [0.15, 0.2) is 5.54 Å². The van der Waals surface area contributed by atoms with Crippen molar-refractivity contribution in [3.8, 4) is 0 Å². The fourth-order valence-corrected chi connectivity index (χ4v) is 4.23. The topological polar surface area (TPSA) is 57.3 Å². The summed E-state index contributed by atoms with van der Waals surface area (Å²) in [5.41, 5.74) is 0.580. The van der Waals surface area contributed by atoms with Crippen molar-refractivity contribution in [3.63, 3.8) is 0 Å². The molecule has 158 valence electrons. The summed E-state index contributed by atoms with van der Waals surface area (Å²) in [6, 6.07) is 5.47. The Labute approximate surface area is 182 Å². The van der Waals surface area contributed by atoms with Crippen molar-refractivity contribution in [2.24, 2.45) is 5.41 Å². The maximum absolute atomic E-state index is 6.36. The maximum atomic E-state index is 6.36. The molecular formula is C21H30Cl2N5O+. The number of hydrogen-bond donors (Lipinski definition) is 1. The van der Waals surface area contributed by atoms with Crippen molar-refractivity contribution in [1.82, 2.24) is 20.2 Å². The first-order chi connectivity index (χ1) is 13.6. The Balaban J connectivity index is 1.97. The van der Waals surface area contributed by atoms with Gasteiger partial charge in [0.1, 0.15) is 13.1 Å². The molecule has 1 aromatic carbocycles. The van der Waals surface area contributed by atoms with Crippen LogP contribution >= 0.6 is 23.2 Å². The lowest BCUT2D eigenvalue weighted by Gasteiger charge is -2.38. The van der Waals surface area contributed by atoms with Crippen LogP contribution in [0.25, 0.3) is 6.08 Å². The number of nitrogens with one attached hydrogen (secondary N) is 1. The molecule has 1 atom stereocenters. The number of halogens is 2. The van der Waals surface area contributed by atoms with Crippen molar-refractivity contribution in [2.45, 2.75) is 46.2 Å². The van der Waals surface area contributed by atoms with E-state index >= 15 is 0 Å². The monoisotopic (exact) mass is 438 g/mol. The summed E-state index contributed by atoms with van der Waals surface area (Å²) in [5, 5.41) is 14.1. The number of aromatic nitrogens is 4. The van der Waals surface area contributed by atoms with Gasteiger partial charge in [-0.05, 0) is 47.4 Å². The van der Waals surface area contributed by atoms with Crippen LogP contribution in [0.3, 0.4) is 0 Å². The fraction of sp³-hybridized carbons (Fsp3) is 0.571. The molecule has 1 aliphatic heterocycles. The normalized spacial score (nSPS) is 17.8. The predicted molar refractivity (Wildman–Crippen MR) is 116 cm³/mol. The summed E-state index contributed by atoms with van der Waals surface area (Å²) in [6.45, 7) is 14.4. The number of benzene rings is 1. The Hall–Kier alpha value is -1.47. The van der Waals surface area contributed by atoms with Crippen molar-refractivity contribution in [1.29, 1.82) is 0 Å². The molecule has 1 N–H and O–H groups in total. The molecule has 6 nitrogen and oxygen atoms in total. The van der Waals surface area contributed by atoms with Crippen molar-refractivity contribution >= 4 is 29.3 Å². The molecule has 1 saturated heterocycles. The highest BCUT2D eigenvalue weighted by atomic mass is 35.5. The first-order valence-corrected chi connectivity index (χ1v) is 10.7. The molecule has 0 spiro atoms. The smallest absolute Gasteiger partial charge is 0.212 e. The number of allylic oxidation sites excluding steroid dienone is 1. The van der Waals surface area contributed by atoms with E-state index in [-0.39, 0.29) is 17.0 Å². The minimum Gasteiger partial charge on any atom is -0.370 e. The highest BCUT2D eigenvalue weighted by Crippen LogP contribution is 2.34. The third kappa shape index (κ3) is 5.00. The Morgan fingerprint density at radius 3 is 2.45 bits per heavy atom. The third-order valence-corrected chi connectivity index (χ3v) is 6.17. The minimum absolute atomic E-state index is 0.0426. The number of quaternary nitrogens is 1. The van der Waals surface area contributed by atoms with Gasteiger partial charge in [-0.2, -0.15) is 0 Å². The molecule has 2 heterocycles. The van der Waals surface area contributed by atoms with Crippen molar-refractivity contribution in [2.75, 3.05) is 26.3 Å². The summed E-state index contributed by atoms with van der Waals surface area (Å²) < 4.78 is 7.50. The first-order valence-electron chi connectivity index (χ1n) is 9.95. The van der Waals surface area contributed by atoms with Crippen LogP contribution in [-0.2, 0) is 10.3 Å². The van der Waals surface area contributed by atoms with E-state index < -0.39 is 0 Å². The summed E-state index contributed by atoms with van der Waals surface area (Å²) in [5.74, 6) is 0.876. The first kappa shape index (κ1) is 22.2. The molecule has 29 heavy (non-hydrogen) atoms. The van der Waals surface area contributed by atoms with Gasteiger partial charge in [0.05, 0.1) is 19.3 Å². The van der Waals surface area contributed by atoms with Gasteiger partial charge in [0, 0.05) is 10.0 Å². The Bertz CT molecular complexity index is 866. The van der Waals surface area contributed by atoms with E-state index in [9.17, 15) is 0 Å². The van der Waals surface area contributed by atoms with Crippen LogP contribution in [0.2, 0.25) is 10.0 Å². The number of morpholine rings is 1. The van der Waals surface area contributed by atoms with Crippen LogP contribution in [-0.4, -0.2) is 46.5 Å². The second-order valence-electron chi connectivity index (χ2n) is 9.12. The van der Waals surface area contributed by atoms with Gasteiger partial charge in [-0.15, -0.1) is 5.10 Å². The van der Waals surface area contributed by atoms with E-state index in [2.05, 4.69) is 56.2 Å². The zero-order valence-corrected chi connectivity index (χ0v) is 19.3. The van der Waals surface area contributed by atoms with Gasteiger partial charge in [-0.1, -0.05) is 62.2 Å². The maximum Gasteiger partial charge on any atom is 0.212 e. The molecular weight excluding hydrogens is 409 g/mol. The molecule has 2 aromatic rings. The Morgan fingerprint density at radius 2 is 1.83 bits per heavy atom. The second kappa shape index (κ2) is 8.72. The highest BCUT2D eigenvalue weighted by Gasteiger charge is 2.41. The molecule has 1 aliphatic rings. The lowest BCUT2D eigenvalue weighted by Crippen LogP contribution is -3.19. The molecule has 8 heteroatoms. The fourth-order valence-electron chi connectivity index (χ4n) is 3.76. The Morgan fingerprint density at radius 1 is 1.14 bits per heavy atom. The minimum atomic E-state index is -0.234. The van der Waals surface area contributed by atoms with Crippen LogP contribution in [0.1, 0.15) is 52.0 Å². The number of rotatable bonds is 5. The van der Waals surface area contributed by atoms with Gasteiger partial charge >= 0.3 is 0 Å². The number of hydrogen-bond acceptors (Lipinski definition) is 4. The van der Waals surface area contributed by atoms with E-state index in [4.69, 9.17) is 27.9 Å². The summed E-state index contributed by atoms with van der Waals surface area (Å²) in [7, 11) is 0. The molecule has 0 amide bonds. The van der Waals surface area contributed by atoms with Crippen LogP contribution in [0, 0.1) is 5.41 Å². The SMILES string of the molecule is CC(C)(C)C(C=Cc1ccc(Cl)cc1Cl)n1nnnc1C(C)(C)[NH+]1CCOCC1. The van der Waals surface area contributed by atoms with E-state index in [1.54, 1.807) is 6.07 Å². The largest absolute Gasteiger partial charge is 0.370 e. The molecule has 3 rings (SSSR count). The second-order valence-corrected chi connectivity index (χ2v) is 9.97. The van der Waals surface area contributed by atoms with E-state index in [0.29, 0.717) is 10.0 Å². The van der Waals surface area contributed by atoms with Crippen LogP contribution in [0.15, 0.2) is 24.3 Å². The summed E-state index contributed by atoms with van der Waals surface area (Å²) in [6.07, 6.45) is 4.15. The van der Waals surface area contributed by atoms with Gasteiger partial charge < -0.3 is 9.64 Å². The van der Waals surface area contributed by atoms with Crippen molar-refractivity contribution < 1.29 is 9.64 Å². The zero-order chi connectivity index (χ0) is 21.2. The van der Waals surface area contributed by atoms with Gasteiger partial charge in [0.25, 0.3) is 0 Å². The molecule has 0 bridgehead atoms. The summed E-state index contributed by atoms with van der Waals surface area (Å²) >= 11 is 12.4.